The van der Waals surface area contributed by atoms with Crippen molar-refractivity contribution < 1.29 is 1.43 Å². The smallest absolute Gasteiger partial charge is 0.0751 e. The maximum atomic E-state index is 3.92. The van der Waals surface area contributed by atoms with Gasteiger partial charge in [-0.25, -0.2) is 0 Å². The van der Waals surface area contributed by atoms with Crippen molar-refractivity contribution in [2.45, 2.75) is 11.3 Å². The number of benzene rings is 6. The summed E-state index contributed by atoms with van der Waals surface area (Å²) in [5.41, 5.74) is 15.6. The summed E-state index contributed by atoms with van der Waals surface area (Å²) in [6.45, 7) is 0. The van der Waals surface area contributed by atoms with Crippen LogP contribution in [-0.4, -0.2) is 4.57 Å². The van der Waals surface area contributed by atoms with Crippen molar-refractivity contribution in [3.8, 4) is 5.69 Å². The second-order valence-electron chi connectivity index (χ2n) is 11.4. The number of hydrogen-bond donors (Lipinski definition) is 1. The van der Waals surface area contributed by atoms with Crippen molar-refractivity contribution >= 4 is 33.2 Å². The quantitative estimate of drug-likeness (QED) is 0.233. The summed E-state index contributed by atoms with van der Waals surface area (Å²) in [5, 5.41) is 6.46. The molecule has 6 aromatic carbocycles. The lowest BCUT2D eigenvalue weighted by molar-refractivity contribution is 0.628. The maximum absolute atomic E-state index is 3.92. The summed E-state index contributed by atoms with van der Waals surface area (Å²) in [4.78, 5) is 0. The van der Waals surface area contributed by atoms with Crippen molar-refractivity contribution in [2.24, 2.45) is 0 Å². The Bertz CT molecular complexity index is 2160. The fraction of sp³-hybridized carbons (Fsp3) is 0.0526. The topological polar surface area (TPSA) is 17.0 Å². The molecule has 0 radical (unpaired) electrons. The lowest BCUT2D eigenvalue weighted by atomic mass is 9.49. The van der Waals surface area contributed by atoms with Gasteiger partial charge in [0, 0.05) is 35.2 Å². The van der Waals surface area contributed by atoms with Gasteiger partial charge in [0.25, 0.3) is 0 Å². The van der Waals surface area contributed by atoms with Gasteiger partial charge in [-0.05, 0) is 75.3 Å². The highest BCUT2D eigenvalue weighted by Gasteiger charge is 2.56. The van der Waals surface area contributed by atoms with Crippen LogP contribution in [0.3, 0.4) is 0 Å². The zero-order valence-corrected chi connectivity index (χ0v) is 21.7. The van der Waals surface area contributed by atoms with Crippen molar-refractivity contribution in [3.63, 3.8) is 0 Å². The molecule has 0 saturated heterocycles. The average Bonchev–Trinajstić information content (AvgIpc) is 3.34. The summed E-state index contributed by atoms with van der Waals surface area (Å²) >= 11 is 0. The van der Waals surface area contributed by atoms with Crippen LogP contribution in [0.1, 0.15) is 46.3 Å². The van der Waals surface area contributed by atoms with E-state index in [-0.39, 0.29) is 12.8 Å². The minimum atomic E-state index is -0.374. The van der Waals surface area contributed by atoms with Crippen LogP contribution in [0.25, 0.3) is 27.5 Å². The van der Waals surface area contributed by atoms with Crippen LogP contribution >= 0.6 is 0 Å². The lowest BCUT2D eigenvalue weighted by Crippen LogP contribution is -2.45. The van der Waals surface area contributed by atoms with E-state index < -0.39 is 0 Å². The molecule has 0 fully saturated rings. The Morgan fingerprint density at radius 1 is 0.525 bits per heavy atom. The van der Waals surface area contributed by atoms with Crippen LogP contribution in [0.5, 0.6) is 0 Å². The van der Waals surface area contributed by atoms with Gasteiger partial charge in [-0.3, -0.25) is 0 Å². The second kappa shape index (κ2) is 7.11. The van der Waals surface area contributed by atoms with Crippen LogP contribution in [0.4, 0.5) is 11.4 Å². The van der Waals surface area contributed by atoms with Gasteiger partial charge in [-0.15, -0.1) is 0 Å². The molecule has 11 rings (SSSR count). The van der Waals surface area contributed by atoms with Gasteiger partial charge in [0.1, 0.15) is 0 Å². The molecular formula is C38H26N2. The summed E-state index contributed by atoms with van der Waals surface area (Å²) < 4.78 is 2.44. The summed E-state index contributed by atoms with van der Waals surface area (Å²) in [5.74, 6) is 0.257. The second-order valence-corrected chi connectivity index (χ2v) is 11.4. The number of aromatic nitrogens is 1. The van der Waals surface area contributed by atoms with Crippen LogP contribution in [-0.2, 0) is 5.41 Å². The van der Waals surface area contributed by atoms with E-state index in [0.29, 0.717) is 0 Å². The van der Waals surface area contributed by atoms with Gasteiger partial charge in [0.15, 0.2) is 0 Å². The first-order valence-corrected chi connectivity index (χ1v) is 14.1. The van der Waals surface area contributed by atoms with E-state index in [9.17, 15) is 0 Å². The minimum Gasteiger partial charge on any atom is -0.355 e. The predicted molar refractivity (Wildman–Crippen MR) is 165 cm³/mol. The third kappa shape index (κ3) is 2.26. The summed E-state index contributed by atoms with van der Waals surface area (Å²) in [7, 11) is 0. The number of para-hydroxylation sites is 2. The van der Waals surface area contributed by atoms with Crippen molar-refractivity contribution in [1.82, 2.24) is 4.57 Å². The van der Waals surface area contributed by atoms with E-state index in [2.05, 4.69) is 143 Å². The number of fused-ring (bicyclic) bond motifs is 4. The molecule has 1 aromatic heterocycles. The Hall–Kier alpha value is -5.08. The largest absolute Gasteiger partial charge is 0.355 e. The van der Waals surface area contributed by atoms with Crippen LogP contribution < -0.4 is 5.32 Å². The van der Waals surface area contributed by atoms with Gasteiger partial charge in [-0.1, -0.05) is 97.1 Å². The first-order chi connectivity index (χ1) is 19.9. The molecule has 0 amide bonds. The fourth-order valence-electron chi connectivity index (χ4n) is 8.28. The van der Waals surface area contributed by atoms with Gasteiger partial charge in [0.2, 0.25) is 0 Å². The molecule has 1 N–H and O–H groups in total. The van der Waals surface area contributed by atoms with E-state index in [1.807, 2.05) is 0 Å². The number of nitrogens with one attached hydrogen (secondary N) is 1. The fourth-order valence-corrected chi connectivity index (χ4v) is 8.28. The Labute approximate surface area is 233 Å². The molecule has 4 aliphatic rings. The molecule has 0 unspecified atom stereocenters. The van der Waals surface area contributed by atoms with Crippen LogP contribution in [0.2, 0.25) is 0 Å². The van der Waals surface area contributed by atoms with E-state index in [1.165, 1.54) is 77.8 Å². The number of rotatable bonds is 1. The van der Waals surface area contributed by atoms with Gasteiger partial charge in [-0.2, -0.15) is 0 Å². The Balaban J connectivity index is 0.00000240. The molecule has 0 saturated carbocycles. The monoisotopic (exact) mass is 510 g/mol. The third-order valence-corrected chi connectivity index (χ3v) is 9.63. The van der Waals surface area contributed by atoms with Crippen LogP contribution in [0, 0.1) is 0 Å². The lowest BCUT2D eigenvalue weighted by Gasteiger charge is -2.54. The van der Waals surface area contributed by atoms with E-state index in [1.54, 1.807) is 0 Å². The standard InChI is InChI=1S/C38H24N2.H2/c1-2-11-23(12-3-1)40-34-20-9-6-13-24(34)28-21-33-31(22-35(28)40)38-29-17-7-4-14-25(29)36(26-15-5-8-18-30(26)38)27-16-10-19-32(39-33)37(27)38;/h1-22,36,39H;1H. The van der Waals surface area contributed by atoms with Gasteiger partial charge >= 0.3 is 0 Å². The highest BCUT2D eigenvalue weighted by molar-refractivity contribution is 6.11. The molecule has 188 valence electrons. The highest BCUT2D eigenvalue weighted by atomic mass is 15.0. The van der Waals surface area contributed by atoms with E-state index in [0.717, 1.165) is 0 Å². The Kier molecular flexibility index (Phi) is 3.70. The predicted octanol–water partition coefficient (Wildman–Crippen LogP) is 9.28. The number of nitrogens with zero attached hydrogens (tertiary/aromatic N) is 1. The molecule has 2 nitrogen and oxygen atoms in total. The number of anilines is 2. The van der Waals surface area contributed by atoms with E-state index >= 15 is 0 Å². The average molecular weight is 511 g/mol. The minimum absolute atomic E-state index is 0. The summed E-state index contributed by atoms with van der Waals surface area (Å²) in [6.07, 6.45) is 0. The first-order valence-electron chi connectivity index (χ1n) is 14.1. The van der Waals surface area contributed by atoms with Gasteiger partial charge < -0.3 is 9.88 Å². The van der Waals surface area contributed by atoms with E-state index in [4.69, 9.17) is 0 Å². The Morgan fingerprint density at radius 2 is 1.20 bits per heavy atom. The molecule has 0 atom stereocenters. The molecule has 1 aliphatic heterocycles. The zero-order valence-electron chi connectivity index (χ0n) is 21.7. The molecule has 2 heterocycles. The van der Waals surface area contributed by atoms with Crippen molar-refractivity contribution in [2.75, 3.05) is 5.32 Å². The molecule has 3 aliphatic carbocycles. The Morgan fingerprint density at radius 3 is 2.00 bits per heavy atom. The molecule has 2 heteroatoms. The van der Waals surface area contributed by atoms with Crippen LogP contribution in [0.15, 0.2) is 133 Å². The maximum Gasteiger partial charge on any atom is 0.0751 e. The molecule has 40 heavy (non-hydrogen) atoms. The normalized spacial score (nSPS) is 19.1. The SMILES string of the molecule is [HH].c1ccc(-n2c3ccccc3c3cc4c(cc32)C23c5ccccc5C(c5ccccc52)c2cccc(c23)N4)cc1. The van der Waals surface area contributed by atoms with Crippen molar-refractivity contribution in [3.05, 3.63) is 172 Å². The highest BCUT2D eigenvalue weighted by Crippen LogP contribution is 2.66. The number of hydrogen-bond acceptors (Lipinski definition) is 1. The molecule has 2 bridgehead atoms. The summed E-state index contributed by atoms with van der Waals surface area (Å²) in [6, 6.07) is 49.7. The third-order valence-electron chi connectivity index (χ3n) is 9.63. The van der Waals surface area contributed by atoms with Gasteiger partial charge in [0.05, 0.1) is 16.4 Å². The molecule has 1 spiro atoms. The zero-order chi connectivity index (χ0) is 26.0. The molecular weight excluding hydrogens is 484 g/mol. The molecule has 7 aromatic rings. The van der Waals surface area contributed by atoms with Crippen molar-refractivity contribution in [1.29, 1.82) is 0 Å². The first kappa shape index (κ1) is 20.8.